The Morgan fingerprint density at radius 3 is 2.63 bits per heavy atom. The van der Waals surface area contributed by atoms with Gasteiger partial charge in [0.1, 0.15) is 0 Å². The zero-order chi connectivity index (χ0) is 19.4. The lowest BCUT2D eigenvalue weighted by Crippen LogP contribution is -2.38. The van der Waals surface area contributed by atoms with Gasteiger partial charge in [0.2, 0.25) is 5.91 Å². The van der Waals surface area contributed by atoms with Crippen LogP contribution in [0.4, 0.5) is 0 Å². The lowest BCUT2D eigenvalue weighted by atomic mass is 9.84. The monoisotopic (exact) mass is 366 g/mol. The van der Waals surface area contributed by atoms with Gasteiger partial charge < -0.3 is 10.0 Å². The van der Waals surface area contributed by atoms with Crippen molar-refractivity contribution in [3.8, 4) is 11.3 Å². The van der Waals surface area contributed by atoms with E-state index in [1.54, 1.807) is 12.3 Å². The molecule has 142 valence electrons. The van der Waals surface area contributed by atoms with E-state index < -0.39 is 5.97 Å². The Morgan fingerprint density at radius 2 is 2.00 bits per heavy atom. The number of carbonyl (C=O) groups is 2. The van der Waals surface area contributed by atoms with Crippen LogP contribution in [-0.4, -0.2) is 33.4 Å². The summed E-state index contributed by atoms with van der Waals surface area (Å²) in [4.78, 5) is 30.1. The second-order valence-electron chi connectivity index (χ2n) is 7.26. The van der Waals surface area contributed by atoms with Crippen LogP contribution < -0.4 is 0 Å². The average molecular weight is 366 g/mol. The highest BCUT2D eigenvalue weighted by molar-refractivity contribution is 5.80. The Hall–Kier alpha value is -2.69. The minimum absolute atomic E-state index is 0.0298. The Morgan fingerprint density at radius 1 is 1.22 bits per heavy atom. The van der Waals surface area contributed by atoms with Crippen LogP contribution in [0.1, 0.15) is 42.9 Å². The summed E-state index contributed by atoms with van der Waals surface area (Å²) in [6.45, 7) is 5.27. The predicted molar refractivity (Wildman–Crippen MR) is 104 cm³/mol. The van der Waals surface area contributed by atoms with Gasteiger partial charge >= 0.3 is 5.97 Å². The van der Waals surface area contributed by atoms with Crippen LogP contribution in [0.15, 0.2) is 36.5 Å². The molecule has 0 bridgehead atoms. The molecule has 0 saturated heterocycles. The largest absolute Gasteiger partial charge is 0.481 e. The van der Waals surface area contributed by atoms with Crippen molar-refractivity contribution in [3.63, 3.8) is 0 Å². The standard InChI is InChI=1S/C22H26N2O3/c1-3-24(22(27)17-5-4-6-17)14-18-11-15(2)7-8-19(18)20-12-16(9-10-23-20)13-21(25)26/h7-12,17H,3-6,13-14H2,1-2H3,(H,25,26). The SMILES string of the molecule is CCN(Cc1cc(C)ccc1-c1cc(CC(=O)O)ccn1)C(=O)C1CCC1. The number of aliphatic carboxylic acids is 1. The molecule has 5 heteroatoms. The quantitative estimate of drug-likeness (QED) is 0.808. The second kappa shape index (κ2) is 8.33. The highest BCUT2D eigenvalue weighted by Gasteiger charge is 2.29. The molecular formula is C22H26N2O3. The van der Waals surface area contributed by atoms with Gasteiger partial charge in [-0.05, 0) is 49.9 Å². The van der Waals surface area contributed by atoms with Gasteiger partial charge in [-0.1, -0.05) is 30.2 Å². The van der Waals surface area contributed by atoms with Crippen molar-refractivity contribution in [1.82, 2.24) is 9.88 Å². The fourth-order valence-electron chi connectivity index (χ4n) is 3.47. The minimum Gasteiger partial charge on any atom is -0.481 e. The van der Waals surface area contributed by atoms with Crippen LogP contribution in [0.3, 0.4) is 0 Å². The number of carboxylic acid groups (broad SMARTS) is 1. The number of amides is 1. The fourth-order valence-corrected chi connectivity index (χ4v) is 3.47. The minimum atomic E-state index is -0.862. The molecular weight excluding hydrogens is 340 g/mol. The highest BCUT2D eigenvalue weighted by atomic mass is 16.4. The molecule has 0 radical (unpaired) electrons. The number of rotatable bonds is 7. The van der Waals surface area contributed by atoms with Crippen molar-refractivity contribution in [2.75, 3.05) is 6.54 Å². The Kier molecular flexibility index (Phi) is 5.89. The van der Waals surface area contributed by atoms with Gasteiger partial charge in [-0.2, -0.15) is 0 Å². The third-order valence-corrected chi connectivity index (χ3v) is 5.23. The summed E-state index contributed by atoms with van der Waals surface area (Å²) >= 11 is 0. The van der Waals surface area contributed by atoms with Gasteiger partial charge in [0, 0.05) is 30.8 Å². The molecule has 1 heterocycles. The van der Waals surface area contributed by atoms with Crippen LogP contribution in [0.5, 0.6) is 0 Å². The maximum absolute atomic E-state index is 12.7. The lowest BCUT2D eigenvalue weighted by molar-refractivity contribution is -0.138. The Balaban J connectivity index is 1.91. The van der Waals surface area contributed by atoms with Gasteiger partial charge in [-0.3, -0.25) is 14.6 Å². The molecule has 2 aromatic rings. The van der Waals surface area contributed by atoms with E-state index in [1.165, 1.54) is 0 Å². The van der Waals surface area contributed by atoms with E-state index in [9.17, 15) is 9.59 Å². The summed E-state index contributed by atoms with van der Waals surface area (Å²) < 4.78 is 0. The van der Waals surface area contributed by atoms with Crippen LogP contribution >= 0.6 is 0 Å². The third kappa shape index (κ3) is 4.54. The van der Waals surface area contributed by atoms with Crippen molar-refractivity contribution >= 4 is 11.9 Å². The number of aryl methyl sites for hydroxylation is 1. The van der Waals surface area contributed by atoms with Gasteiger partial charge in [-0.15, -0.1) is 0 Å². The number of pyridine rings is 1. The first kappa shape index (κ1) is 19.1. The number of aromatic nitrogens is 1. The number of nitrogens with zero attached hydrogens (tertiary/aromatic N) is 2. The van der Waals surface area contributed by atoms with E-state index in [2.05, 4.69) is 11.1 Å². The topological polar surface area (TPSA) is 70.5 Å². The van der Waals surface area contributed by atoms with E-state index >= 15 is 0 Å². The Bertz CT molecular complexity index is 843. The van der Waals surface area contributed by atoms with E-state index in [0.29, 0.717) is 13.1 Å². The van der Waals surface area contributed by atoms with Crippen molar-refractivity contribution in [3.05, 3.63) is 53.2 Å². The fraction of sp³-hybridized carbons (Fsp3) is 0.409. The maximum Gasteiger partial charge on any atom is 0.307 e. The molecule has 0 aliphatic heterocycles. The summed E-state index contributed by atoms with van der Waals surface area (Å²) in [6, 6.07) is 9.68. The maximum atomic E-state index is 12.7. The molecule has 27 heavy (non-hydrogen) atoms. The van der Waals surface area contributed by atoms with E-state index in [-0.39, 0.29) is 18.2 Å². The van der Waals surface area contributed by atoms with Gasteiger partial charge in [-0.25, -0.2) is 0 Å². The van der Waals surface area contributed by atoms with Crippen molar-refractivity contribution in [2.45, 2.75) is 46.1 Å². The molecule has 0 atom stereocenters. The molecule has 1 N–H and O–H groups in total. The highest BCUT2D eigenvalue weighted by Crippen LogP contribution is 2.30. The molecule has 0 unspecified atom stereocenters. The average Bonchev–Trinajstić information content (AvgIpc) is 2.57. The zero-order valence-electron chi connectivity index (χ0n) is 15.9. The number of hydrogen-bond donors (Lipinski definition) is 1. The molecule has 1 aliphatic rings. The molecule has 1 fully saturated rings. The van der Waals surface area contributed by atoms with Gasteiger partial charge in [0.05, 0.1) is 12.1 Å². The third-order valence-electron chi connectivity index (χ3n) is 5.23. The van der Waals surface area contributed by atoms with Crippen LogP contribution in [0.25, 0.3) is 11.3 Å². The van der Waals surface area contributed by atoms with E-state index in [1.807, 2.05) is 36.9 Å². The van der Waals surface area contributed by atoms with Gasteiger partial charge in [0.25, 0.3) is 0 Å². The van der Waals surface area contributed by atoms with Crippen molar-refractivity contribution in [2.24, 2.45) is 5.92 Å². The summed E-state index contributed by atoms with van der Waals surface area (Å²) in [7, 11) is 0. The molecule has 1 amide bonds. The lowest BCUT2D eigenvalue weighted by Gasteiger charge is -2.31. The summed E-state index contributed by atoms with van der Waals surface area (Å²) in [5.74, 6) is -0.446. The molecule has 3 rings (SSSR count). The molecule has 1 aromatic carbocycles. The smallest absolute Gasteiger partial charge is 0.307 e. The predicted octanol–water partition coefficient (Wildman–Crippen LogP) is 3.83. The molecule has 1 aliphatic carbocycles. The van der Waals surface area contributed by atoms with E-state index in [4.69, 9.17) is 5.11 Å². The second-order valence-corrected chi connectivity index (χ2v) is 7.26. The Labute approximate surface area is 160 Å². The van der Waals surface area contributed by atoms with Crippen LogP contribution in [-0.2, 0) is 22.6 Å². The number of benzene rings is 1. The molecule has 0 spiro atoms. The number of hydrogen-bond acceptors (Lipinski definition) is 3. The van der Waals surface area contributed by atoms with E-state index in [0.717, 1.165) is 47.2 Å². The van der Waals surface area contributed by atoms with Crippen molar-refractivity contribution in [1.29, 1.82) is 0 Å². The summed E-state index contributed by atoms with van der Waals surface area (Å²) in [5, 5.41) is 9.05. The first-order chi connectivity index (χ1) is 13.0. The summed E-state index contributed by atoms with van der Waals surface area (Å²) in [5.41, 5.74) is 4.59. The number of carbonyl (C=O) groups excluding carboxylic acids is 1. The normalized spacial score (nSPS) is 13.9. The zero-order valence-corrected chi connectivity index (χ0v) is 15.9. The molecule has 1 saturated carbocycles. The molecule has 5 nitrogen and oxygen atoms in total. The van der Waals surface area contributed by atoms with Gasteiger partial charge in [0.15, 0.2) is 0 Å². The van der Waals surface area contributed by atoms with Crippen LogP contribution in [0.2, 0.25) is 0 Å². The van der Waals surface area contributed by atoms with Crippen LogP contribution in [0, 0.1) is 12.8 Å². The molecule has 1 aromatic heterocycles. The summed E-state index contributed by atoms with van der Waals surface area (Å²) in [6.07, 6.45) is 4.75. The first-order valence-electron chi connectivity index (χ1n) is 9.53. The first-order valence-corrected chi connectivity index (χ1v) is 9.53. The number of carboxylic acids is 1. The van der Waals surface area contributed by atoms with Crippen molar-refractivity contribution < 1.29 is 14.7 Å².